The van der Waals surface area contributed by atoms with Gasteiger partial charge in [-0.3, -0.25) is 4.79 Å². The molecule has 0 spiro atoms. The number of carbonyl (C=O) groups excluding carboxylic acids is 1. The molecule has 0 bridgehead atoms. The number of ether oxygens (including phenoxy) is 1. The lowest BCUT2D eigenvalue weighted by Crippen LogP contribution is -2.40. The average molecular weight is 346 g/mol. The number of nitrogens with one attached hydrogen (secondary N) is 1. The molecule has 0 heterocycles. The number of benzene rings is 2. The number of aryl methyl sites for hydroxylation is 1. The zero-order valence-corrected chi connectivity index (χ0v) is 15.3. The van der Waals surface area contributed by atoms with Gasteiger partial charge in [-0.2, -0.15) is 0 Å². The van der Waals surface area contributed by atoms with Gasteiger partial charge in [0.05, 0.1) is 6.04 Å². The highest BCUT2D eigenvalue weighted by Gasteiger charge is 2.22. The minimum atomic E-state index is -0.588. The second-order valence-corrected chi connectivity index (χ2v) is 6.75. The standard InChI is InChI=1S/C20H24ClNO2/c1-13(2)19(16-8-6-5-7-9-16)22-20(23)15(4)24-18-11-10-17(21)12-14(18)3/h5-13,15,19H,1-4H3,(H,22,23). The maximum atomic E-state index is 12.6. The number of hydrogen-bond acceptors (Lipinski definition) is 2. The van der Waals surface area contributed by atoms with E-state index in [1.165, 1.54) is 0 Å². The van der Waals surface area contributed by atoms with E-state index in [4.69, 9.17) is 16.3 Å². The first-order valence-electron chi connectivity index (χ1n) is 8.16. The highest BCUT2D eigenvalue weighted by atomic mass is 35.5. The van der Waals surface area contributed by atoms with Crippen molar-refractivity contribution in [3.05, 3.63) is 64.7 Å². The average Bonchev–Trinajstić information content (AvgIpc) is 2.55. The van der Waals surface area contributed by atoms with Gasteiger partial charge in [0.1, 0.15) is 5.75 Å². The molecule has 1 amide bonds. The van der Waals surface area contributed by atoms with Crippen LogP contribution >= 0.6 is 11.6 Å². The summed E-state index contributed by atoms with van der Waals surface area (Å²) in [5, 5.41) is 3.75. The summed E-state index contributed by atoms with van der Waals surface area (Å²) in [6, 6.07) is 15.3. The fraction of sp³-hybridized carbons (Fsp3) is 0.350. The van der Waals surface area contributed by atoms with Gasteiger partial charge in [0.25, 0.3) is 5.91 Å². The first-order valence-corrected chi connectivity index (χ1v) is 8.54. The van der Waals surface area contributed by atoms with Gasteiger partial charge in [-0.25, -0.2) is 0 Å². The Kier molecular flexibility index (Phi) is 6.27. The van der Waals surface area contributed by atoms with Crippen LogP contribution in [0.3, 0.4) is 0 Å². The largest absolute Gasteiger partial charge is 0.481 e. The van der Waals surface area contributed by atoms with E-state index >= 15 is 0 Å². The molecule has 1 N–H and O–H groups in total. The summed E-state index contributed by atoms with van der Waals surface area (Å²) in [7, 11) is 0. The fourth-order valence-corrected chi connectivity index (χ4v) is 2.78. The van der Waals surface area contributed by atoms with Crippen LogP contribution in [-0.2, 0) is 4.79 Å². The molecular weight excluding hydrogens is 322 g/mol. The van der Waals surface area contributed by atoms with E-state index in [9.17, 15) is 4.79 Å². The van der Waals surface area contributed by atoms with Crippen LogP contribution in [0.1, 0.15) is 37.9 Å². The molecule has 2 aromatic carbocycles. The smallest absolute Gasteiger partial charge is 0.261 e. The van der Waals surface area contributed by atoms with E-state index in [-0.39, 0.29) is 17.9 Å². The summed E-state index contributed by atoms with van der Waals surface area (Å²) in [6.45, 7) is 7.85. The molecule has 2 atom stereocenters. The van der Waals surface area contributed by atoms with Gasteiger partial charge >= 0.3 is 0 Å². The Hall–Kier alpha value is -2.00. The van der Waals surface area contributed by atoms with E-state index < -0.39 is 6.10 Å². The molecule has 2 rings (SSSR count). The maximum absolute atomic E-state index is 12.6. The number of hydrogen-bond donors (Lipinski definition) is 1. The minimum absolute atomic E-state index is 0.0453. The Morgan fingerprint density at radius 1 is 1.08 bits per heavy atom. The third-order valence-corrected chi connectivity index (χ3v) is 4.17. The quantitative estimate of drug-likeness (QED) is 0.806. The Balaban J connectivity index is 2.06. The summed E-state index contributed by atoms with van der Waals surface area (Å²) in [4.78, 5) is 12.6. The molecule has 0 aliphatic heterocycles. The predicted octanol–water partition coefficient (Wildman–Crippen LogP) is 4.93. The first-order chi connectivity index (χ1) is 11.4. The fourth-order valence-electron chi connectivity index (χ4n) is 2.55. The van der Waals surface area contributed by atoms with Gasteiger partial charge < -0.3 is 10.1 Å². The molecule has 128 valence electrons. The zero-order valence-electron chi connectivity index (χ0n) is 14.5. The zero-order chi connectivity index (χ0) is 17.7. The van der Waals surface area contributed by atoms with Gasteiger partial charge in [-0.05, 0) is 49.1 Å². The van der Waals surface area contributed by atoms with Crippen LogP contribution in [0.15, 0.2) is 48.5 Å². The third kappa shape index (κ3) is 4.75. The van der Waals surface area contributed by atoms with E-state index in [1.54, 1.807) is 19.1 Å². The lowest BCUT2D eigenvalue weighted by molar-refractivity contribution is -0.128. The van der Waals surface area contributed by atoms with Crippen molar-refractivity contribution in [3.63, 3.8) is 0 Å². The van der Waals surface area contributed by atoms with Gasteiger partial charge in [-0.15, -0.1) is 0 Å². The molecule has 0 aromatic heterocycles. The van der Waals surface area contributed by atoms with Crippen molar-refractivity contribution in [2.45, 2.75) is 39.8 Å². The normalized spacial score (nSPS) is 13.4. The number of amides is 1. The number of rotatable bonds is 6. The Morgan fingerprint density at radius 2 is 1.75 bits per heavy atom. The lowest BCUT2D eigenvalue weighted by Gasteiger charge is -2.25. The summed E-state index contributed by atoms with van der Waals surface area (Å²) < 4.78 is 5.81. The molecule has 4 heteroatoms. The van der Waals surface area contributed by atoms with Crippen molar-refractivity contribution in [1.82, 2.24) is 5.32 Å². The molecule has 0 saturated heterocycles. The van der Waals surface area contributed by atoms with E-state index in [2.05, 4.69) is 19.2 Å². The third-order valence-electron chi connectivity index (χ3n) is 3.93. The van der Waals surface area contributed by atoms with Crippen molar-refractivity contribution < 1.29 is 9.53 Å². The maximum Gasteiger partial charge on any atom is 0.261 e. The van der Waals surface area contributed by atoms with E-state index in [0.717, 1.165) is 11.1 Å². The second-order valence-electron chi connectivity index (χ2n) is 6.31. The van der Waals surface area contributed by atoms with Crippen molar-refractivity contribution in [1.29, 1.82) is 0 Å². The topological polar surface area (TPSA) is 38.3 Å². The molecule has 0 saturated carbocycles. The Labute approximate surface area is 149 Å². The number of halogens is 1. The second kappa shape index (κ2) is 8.20. The molecule has 0 aliphatic carbocycles. The van der Waals surface area contributed by atoms with Crippen molar-refractivity contribution in [2.24, 2.45) is 5.92 Å². The van der Waals surface area contributed by atoms with Gasteiger partial charge in [0, 0.05) is 5.02 Å². The Bertz CT molecular complexity index is 685. The molecule has 24 heavy (non-hydrogen) atoms. The predicted molar refractivity (Wildman–Crippen MR) is 98.4 cm³/mol. The summed E-state index contributed by atoms with van der Waals surface area (Å²) in [5.74, 6) is 0.815. The lowest BCUT2D eigenvalue weighted by atomic mass is 9.96. The van der Waals surface area contributed by atoms with Crippen molar-refractivity contribution in [2.75, 3.05) is 0 Å². The minimum Gasteiger partial charge on any atom is -0.481 e. The number of carbonyl (C=O) groups is 1. The first kappa shape index (κ1) is 18.3. The Morgan fingerprint density at radius 3 is 2.33 bits per heavy atom. The molecule has 2 aromatic rings. The van der Waals surface area contributed by atoms with Crippen molar-refractivity contribution >= 4 is 17.5 Å². The van der Waals surface area contributed by atoms with Crippen LogP contribution in [0.5, 0.6) is 5.75 Å². The highest BCUT2D eigenvalue weighted by molar-refractivity contribution is 6.30. The van der Waals surface area contributed by atoms with Crippen LogP contribution in [0.25, 0.3) is 0 Å². The van der Waals surface area contributed by atoms with E-state index in [0.29, 0.717) is 10.8 Å². The van der Waals surface area contributed by atoms with Crippen LogP contribution in [0.4, 0.5) is 0 Å². The van der Waals surface area contributed by atoms with Crippen LogP contribution in [0.2, 0.25) is 5.02 Å². The van der Waals surface area contributed by atoms with E-state index in [1.807, 2.05) is 43.3 Å². The van der Waals surface area contributed by atoms with Crippen LogP contribution < -0.4 is 10.1 Å². The molecule has 0 fully saturated rings. The van der Waals surface area contributed by atoms with Gasteiger partial charge in [0.15, 0.2) is 6.10 Å². The monoisotopic (exact) mass is 345 g/mol. The molecule has 0 radical (unpaired) electrons. The molecule has 0 aliphatic rings. The SMILES string of the molecule is Cc1cc(Cl)ccc1OC(C)C(=O)NC(c1ccccc1)C(C)C. The summed E-state index contributed by atoms with van der Waals surface area (Å²) in [5.41, 5.74) is 2.00. The highest BCUT2D eigenvalue weighted by Crippen LogP contribution is 2.24. The summed E-state index contributed by atoms with van der Waals surface area (Å²) in [6.07, 6.45) is -0.588. The van der Waals surface area contributed by atoms with Crippen LogP contribution in [0, 0.1) is 12.8 Å². The van der Waals surface area contributed by atoms with Gasteiger partial charge in [-0.1, -0.05) is 55.8 Å². The van der Waals surface area contributed by atoms with Crippen LogP contribution in [-0.4, -0.2) is 12.0 Å². The molecule has 3 nitrogen and oxygen atoms in total. The van der Waals surface area contributed by atoms with Crippen molar-refractivity contribution in [3.8, 4) is 5.75 Å². The van der Waals surface area contributed by atoms with Gasteiger partial charge in [0.2, 0.25) is 0 Å². The molecular formula is C20H24ClNO2. The summed E-state index contributed by atoms with van der Waals surface area (Å²) >= 11 is 5.95. The molecule has 2 unspecified atom stereocenters.